The number of likely N-dealkylation sites (tertiary alicyclic amines) is 1. The molecule has 0 saturated carbocycles. The van der Waals surface area contributed by atoms with Crippen LogP contribution in [0.15, 0.2) is 16.9 Å². The smallest absolute Gasteiger partial charge is 0.274 e. The third-order valence-electron chi connectivity index (χ3n) is 5.17. The van der Waals surface area contributed by atoms with Crippen LogP contribution in [-0.2, 0) is 6.54 Å². The lowest BCUT2D eigenvalue weighted by Crippen LogP contribution is -2.50. The maximum Gasteiger partial charge on any atom is 0.274 e. The number of rotatable bonds is 3. The Labute approximate surface area is 156 Å². The zero-order valence-corrected chi connectivity index (χ0v) is 16.8. The second-order valence-electron chi connectivity index (χ2n) is 8.15. The van der Waals surface area contributed by atoms with E-state index in [1.165, 1.54) is 12.1 Å². The molecule has 0 spiro atoms. The van der Waals surface area contributed by atoms with E-state index in [1.807, 2.05) is 15.5 Å². The number of likely N-dealkylation sites (N-methyl/N-ethyl adjacent to an activating group) is 1. The molecular formula is C19H30N4OS. The highest BCUT2D eigenvalue weighted by molar-refractivity contribution is 7.80. The van der Waals surface area contributed by atoms with Gasteiger partial charge in [-0.1, -0.05) is 0 Å². The maximum absolute atomic E-state index is 13.3. The molecule has 25 heavy (non-hydrogen) atoms. The van der Waals surface area contributed by atoms with Crippen LogP contribution >= 0.6 is 12.2 Å². The van der Waals surface area contributed by atoms with E-state index < -0.39 is 0 Å². The monoisotopic (exact) mass is 362 g/mol. The third-order valence-corrected chi connectivity index (χ3v) is 5.49. The molecule has 2 aliphatic rings. The number of nitrogens with one attached hydrogen (secondary N) is 1. The molecule has 0 aliphatic carbocycles. The first-order chi connectivity index (χ1) is 11.8. The lowest BCUT2D eigenvalue weighted by molar-refractivity contribution is 0.145. The Balaban J connectivity index is 2.00. The first kappa shape index (κ1) is 18.4. The number of aromatic nitrogens is 1. The molecule has 2 bridgehead atoms. The molecule has 1 fully saturated rings. The first-order valence-electron chi connectivity index (χ1n) is 9.30. The summed E-state index contributed by atoms with van der Waals surface area (Å²) in [5, 5.41) is 3.90. The van der Waals surface area contributed by atoms with E-state index in [0.29, 0.717) is 22.6 Å². The summed E-state index contributed by atoms with van der Waals surface area (Å²) in [6.07, 6.45) is 1.20. The van der Waals surface area contributed by atoms with Crippen molar-refractivity contribution in [1.82, 2.24) is 14.8 Å². The van der Waals surface area contributed by atoms with Gasteiger partial charge in [0.1, 0.15) is 5.69 Å². The molecule has 1 aromatic rings. The SMILES string of the molecule is CC(C)NC(=S)N(c1ccc2n(c1=O)C[C@H]1C[C@@H]2CN(C)C1)C(C)C. The number of hydrogen-bond acceptors (Lipinski definition) is 3. The van der Waals surface area contributed by atoms with Crippen LogP contribution in [0.4, 0.5) is 5.69 Å². The molecule has 0 unspecified atom stereocenters. The fourth-order valence-electron chi connectivity index (χ4n) is 4.30. The van der Waals surface area contributed by atoms with Crippen LogP contribution in [0.1, 0.15) is 45.7 Å². The fraction of sp³-hybridized carbons (Fsp3) is 0.684. The van der Waals surface area contributed by atoms with Crippen LogP contribution < -0.4 is 15.8 Å². The Morgan fingerprint density at radius 2 is 1.96 bits per heavy atom. The van der Waals surface area contributed by atoms with Crippen LogP contribution in [0.25, 0.3) is 0 Å². The van der Waals surface area contributed by atoms with E-state index >= 15 is 0 Å². The number of hydrogen-bond donors (Lipinski definition) is 1. The summed E-state index contributed by atoms with van der Waals surface area (Å²) in [7, 11) is 2.18. The highest BCUT2D eigenvalue weighted by atomic mass is 32.1. The maximum atomic E-state index is 13.3. The lowest BCUT2D eigenvalue weighted by Gasteiger charge is -2.42. The quantitative estimate of drug-likeness (QED) is 0.836. The Morgan fingerprint density at radius 1 is 1.24 bits per heavy atom. The second kappa shape index (κ2) is 7.08. The van der Waals surface area contributed by atoms with Gasteiger partial charge < -0.3 is 19.7 Å². The standard InChI is InChI=1S/C19H30N4OS/c1-12(2)20-19(25)23(13(3)4)17-7-6-16-15-8-14(9-21(5)11-15)10-22(16)18(17)24/h6-7,12-15H,8-11H2,1-5H3,(H,20,25)/t14-,15+/m0/s1. The fourth-order valence-corrected chi connectivity index (χ4v) is 4.84. The van der Waals surface area contributed by atoms with Crippen LogP contribution in [0.2, 0.25) is 0 Å². The first-order valence-corrected chi connectivity index (χ1v) is 9.70. The summed E-state index contributed by atoms with van der Waals surface area (Å²) in [4.78, 5) is 17.6. The predicted molar refractivity (Wildman–Crippen MR) is 108 cm³/mol. The second-order valence-corrected chi connectivity index (χ2v) is 8.53. The van der Waals surface area contributed by atoms with Crippen molar-refractivity contribution < 1.29 is 0 Å². The minimum atomic E-state index is 0.0957. The number of nitrogens with zero attached hydrogens (tertiary/aromatic N) is 3. The van der Waals surface area contributed by atoms with Gasteiger partial charge in [-0.2, -0.15) is 0 Å². The third kappa shape index (κ3) is 3.60. The Morgan fingerprint density at radius 3 is 2.60 bits per heavy atom. The van der Waals surface area contributed by atoms with E-state index in [1.54, 1.807) is 0 Å². The predicted octanol–water partition coefficient (Wildman–Crippen LogP) is 2.39. The summed E-state index contributed by atoms with van der Waals surface area (Å²) in [6.45, 7) is 11.2. The summed E-state index contributed by atoms with van der Waals surface area (Å²) in [6, 6.07) is 4.48. The molecular weight excluding hydrogens is 332 g/mol. The lowest BCUT2D eigenvalue weighted by atomic mass is 9.83. The van der Waals surface area contributed by atoms with Crippen LogP contribution in [0, 0.1) is 5.92 Å². The van der Waals surface area contributed by atoms with Crippen molar-refractivity contribution in [2.75, 3.05) is 25.0 Å². The van der Waals surface area contributed by atoms with Gasteiger partial charge in [-0.15, -0.1) is 0 Å². The molecule has 3 heterocycles. The number of piperidine rings is 1. The number of thiocarbonyl (C=S) groups is 1. The normalized spacial score (nSPS) is 22.8. The van der Waals surface area contributed by atoms with E-state index in [-0.39, 0.29) is 17.6 Å². The van der Waals surface area contributed by atoms with Crippen LogP contribution in [-0.4, -0.2) is 46.8 Å². The van der Waals surface area contributed by atoms with Crippen molar-refractivity contribution in [3.63, 3.8) is 0 Å². The molecule has 0 amide bonds. The molecule has 2 atom stereocenters. The molecule has 3 rings (SSSR count). The molecule has 0 aromatic carbocycles. The molecule has 1 saturated heterocycles. The highest BCUT2D eigenvalue weighted by Crippen LogP contribution is 2.35. The summed E-state index contributed by atoms with van der Waals surface area (Å²) in [5.41, 5.74) is 1.96. The van der Waals surface area contributed by atoms with Crippen molar-refractivity contribution in [3.8, 4) is 0 Å². The number of anilines is 1. The van der Waals surface area contributed by atoms with Gasteiger partial charge in [0.2, 0.25) is 0 Å². The zero-order valence-electron chi connectivity index (χ0n) is 16.0. The van der Waals surface area contributed by atoms with Crippen molar-refractivity contribution in [2.45, 2.75) is 58.7 Å². The van der Waals surface area contributed by atoms with Gasteiger partial charge in [-0.25, -0.2) is 0 Å². The van der Waals surface area contributed by atoms with Crippen molar-refractivity contribution in [2.24, 2.45) is 5.92 Å². The Kier molecular flexibility index (Phi) is 5.21. The van der Waals surface area contributed by atoms with Crippen LogP contribution in [0.5, 0.6) is 0 Å². The Bertz CT molecular complexity index is 712. The summed E-state index contributed by atoms with van der Waals surface area (Å²) >= 11 is 5.58. The van der Waals surface area contributed by atoms with Gasteiger partial charge in [0.15, 0.2) is 5.11 Å². The van der Waals surface area contributed by atoms with Gasteiger partial charge in [0.05, 0.1) is 0 Å². The molecule has 2 aliphatic heterocycles. The van der Waals surface area contributed by atoms with Gasteiger partial charge in [0.25, 0.3) is 5.56 Å². The van der Waals surface area contributed by atoms with E-state index in [2.05, 4.69) is 51.0 Å². The molecule has 138 valence electrons. The number of fused-ring (bicyclic) bond motifs is 4. The van der Waals surface area contributed by atoms with Crippen LogP contribution in [0.3, 0.4) is 0 Å². The Hall–Kier alpha value is -1.40. The van der Waals surface area contributed by atoms with E-state index in [0.717, 1.165) is 19.6 Å². The van der Waals surface area contributed by atoms with Crippen molar-refractivity contribution in [3.05, 3.63) is 28.2 Å². The van der Waals surface area contributed by atoms with E-state index in [4.69, 9.17) is 12.2 Å². The van der Waals surface area contributed by atoms with Gasteiger partial charge >= 0.3 is 0 Å². The zero-order chi connectivity index (χ0) is 18.3. The minimum Gasteiger partial charge on any atom is -0.360 e. The summed E-state index contributed by atoms with van der Waals surface area (Å²) < 4.78 is 2.01. The van der Waals surface area contributed by atoms with Gasteiger partial charge in [0, 0.05) is 43.3 Å². The average Bonchev–Trinajstić information content (AvgIpc) is 2.49. The van der Waals surface area contributed by atoms with Gasteiger partial charge in [-0.05, 0) is 71.4 Å². The summed E-state index contributed by atoms with van der Waals surface area (Å²) in [5.74, 6) is 1.03. The molecule has 1 N–H and O–H groups in total. The largest absolute Gasteiger partial charge is 0.360 e. The van der Waals surface area contributed by atoms with Crippen molar-refractivity contribution >= 4 is 23.0 Å². The number of pyridine rings is 1. The average molecular weight is 363 g/mol. The van der Waals surface area contributed by atoms with Crippen molar-refractivity contribution in [1.29, 1.82) is 0 Å². The molecule has 0 radical (unpaired) electrons. The minimum absolute atomic E-state index is 0.0957. The molecule has 1 aromatic heterocycles. The molecule has 6 heteroatoms. The molecule has 5 nitrogen and oxygen atoms in total. The van der Waals surface area contributed by atoms with Gasteiger partial charge in [-0.3, -0.25) is 4.79 Å². The highest BCUT2D eigenvalue weighted by Gasteiger charge is 2.34. The topological polar surface area (TPSA) is 40.5 Å². The van der Waals surface area contributed by atoms with E-state index in [9.17, 15) is 4.79 Å².